The van der Waals surface area contributed by atoms with Crippen LogP contribution < -0.4 is 15.4 Å². The normalized spacial score (nSPS) is 18.0. The van der Waals surface area contributed by atoms with Gasteiger partial charge in [-0.1, -0.05) is 30.3 Å². The number of fused-ring (bicyclic) bond motifs is 1. The van der Waals surface area contributed by atoms with Crippen LogP contribution in [0, 0.1) is 12.8 Å². The molecule has 29 heavy (non-hydrogen) atoms. The van der Waals surface area contributed by atoms with Gasteiger partial charge in [0.15, 0.2) is 0 Å². The van der Waals surface area contributed by atoms with Crippen molar-refractivity contribution >= 4 is 29.1 Å². The molecule has 2 aromatic carbocycles. The Labute approximate surface area is 173 Å². The molecule has 1 aromatic heterocycles. The average Bonchev–Trinajstić information content (AvgIpc) is 3.07. The SMILES string of the molecule is C=C1Nc2nc(C)nn2[C@@H](c2ccc(Cl)cc2)[C@@H]1C(=O)Nc1ccc(OC)cc1. The van der Waals surface area contributed by atoms with Gasteiger partial charge in [-0.2, -0.15) is 10.1 Å². The van der Waals surface area contributed by atoms with Gasteiger partial charge < -0.3 is 15.4 Å². The van der Waals surface area contributed by atoms with Crippen LogP contribution >= 0.6 is 11.6 Å². The first-order chi connectivity index (χ1) is 14.0. The van der Waals surface area contributed by atoms with Crippen LogP contribution in [0.15, 0.2) is 60.8 Å². The summed E-state index contributed by atoms with van der Waals surface area (Å²) in [4.78, 5) is 17.7. The maximum Gasteiger partial charge on any atom is 0.235 e. The molecule has 0 fully saturated rings. The number of aryl methyl sites for hydroxylation is 1. The lowest BCUT2D eigenvalue weighted by atomic mass is 9.88. The molecule has 2 N–H and O–H groups in total. The second-order valence-corrected chi connectivity index (χ2v) is 7.21. The van der Waals surface area contributed by atoms with Gasteiger partial charge in [-0.15, -0.1) is 0 Å². The van der Waals surface area contributed by atoms with Gasteiger partial charge in [0.1, 0.15) is 17.5 Å². The number of carbonyl (C=O) groups excluding carboxylic acids is 1. The lowest BCUT2D eigenvalue weighted by Gasteiger charge is -2.33. The molecule has 0 saturated carbocycles. The van der Waals surface area contributed by atoms with E-state index in [4.69, 9.17) is 16.3 Å². The number of carbonyl (C=O) groups is 1. The first-order valence-corrected chi connectivity index (χ1v) is 9.43. The zero-order chi connectivity index (χ0) is 20.5. The summed E-state index contributed by atoms with van der Waals surface area (Å²) in [7, 11) is 1.60. The predicted octanol–water partition coefficient (Wildman–Crippen LogP) is 4.03. The number of aromatic nitrogens is 3. The standard InChI is InChI=1S/C21H20ClN5O2/c1-12-18(20(28)25-16-8-10-17(29-3)11-9-16)19(14-4-6-15(22)7-5-14)27-21(23-12)24-13(2)26-27/h4-11,18-19H,1H2,2-3H3,(H,25,28)(H,23,24,26)/t18-,19+/m1/s1. The van der Waals surface area contributed by atoms with Crippen molar-refractivity contribution in [2.24, 2.45) is 5.92 Å². The molecule has 1 amide bonds. The van der Waals surface area contributed by atoms with Gasteiger partial charge in [0.05, 0.1) is 13.2 Å². The number of hydrogen-bond acceptors (Lipinski definition) is 5. The molecule has 0 radical (unpaired) electrons. The minimum Gasteiger partial charge on any atom is -0.497 e. The molecule has 0 aliphatic carbocycles. The fourth-order valence-corrected chi connectivity index (χ4v) is 3.58. The van der Waals surface area contributed by atoms with E-state index in [2.05, 4.69) is 27.3 Å². The van der Waals surface area contributed by atoms with Crippen LogP contribution in [0.4, 0.5) is 11.6 Å². The minimum atomic E-state index is -0.605. The zero-order valence-electron chi connectivity index (χ0n) is 16.0. The summed E-state index contributed by atoms with van der Waals surface area (Å²) >= 11 is 6.06. The second kappa shape index (κ2) is 7.60. The number of nitrogens with one attached hydrogen (secondary N) is 2. The van der Waals surface area contributed by atoms with E-state index in [9.17, 15) is 4.79 Å². The third kappa shape index (κ3) is 3.69. The van der Waals surface area contributed by atoms with Gasteiger partial charge >= 0.3 is 0 Å². The first-order valence-electron chi connectivity index (χ1n) is 9.05. The lowest BCUT2D eigenvalue weighted by molar-refractivity contribution is -0.119. The van der Waals surface area contributed by atoms with Crippen LogP contribution in [0.1, 0.15) is 17.4 Å². The number of anilines is 2. The largest absolute Gasteiger partial charge is 0.497 e. The maximum atomic E-state index is 13.3. The summed E-state index contributed by atoms with van der Waals surface area (Å²) in [5.41, 5.74) is 2.10. The van der Waals surface area contributed by atoms with Crippen LogP contribution in [0.3, 0.4) is 0 Å². The molecule has 0 saturated heterocycles. The van der Waals surface area contributed by atoms with Gasteiger partial charge in [0.2, 0.25) is 11.9 Å². The molecular weight excluding hydrogens is 390 g/mol. The Bertz CT molecular complexity index is 1060. The predicted molar refractivity (Wildman–Crippen MR) is 112 cm³/mol. The highest BCUT2D eigenvalue weighted by molar-refractivity contribution is 6.30. The third-order valence-electron chi connectivity index (χ3n) is 4.82. The fraction of sp³-hybridized carbons (Fsp3) is 0.190. The Morgan fingerprint density at radius 3 is 2.55 bits per heavy atom. The summed E-state index contributed by atoms with van der Waals surface area (Å²) < 4.78 is 6.89. The third-order valence-corrected chi connectivity index (χ3v) is 5.07. The van der Waals surface area contributed by atoms with Crippen LogP contribution in [0.2, 0.25) is 5.02 Å². The Kier molecular flexibility index (Phi) is 4.98. The lowest BCUT2D eigenvalue weighted by Crippen LogP contribution is -2.39. The second-order valence-electron chi connectivity index (χ2n) is 6.77. The maximum absolute atomic E-state index is 13.3. The first kappa shape index (κ1) is 19.0. The van der Waals surface area contributed by atoms with Gasteiger partial charge in [-0.25, -0.2) is 4.68 Å². The molecule has 1 aliphatic rings. The molecule has 2 atom stereocenters. The number of nitrogens with zero attached hydrogens (tertiary/aromatic N) is 3. The highest BCUT2D eigenvalue weighted by Crippen LogP contribution is 2.38. The van der Waals surface area contributed by atoms with Crippen molar-refractivity contribution in [2.45, 2.75) is 13.0 Å². The molecule has 8 heteroatoms. The Balaban J connectivity index is 1.71. The molecule has 7 nitrogen and oxygen atoms in total. The molecule has 148 valence electrons. The van der Waals surface area contributed by atoms with Gasteiger partial charge in [0, 0.05) is 16.4 Å². The number of hydrogen-bond donors (Lipinski definition) is 2. The van der Waals surface area contributed by atoms with E-state index in [0.717, 1.165) is 5.56 Å². The number of methoxy groups -OCH3 is 1. The number of ether oxygens (including phenoxy) is 1. The van der Waals surface area contributed by atoms with Crippen molar-refractivity contribution in [2.75, 3.05) is 17.7 Å². The van der Waals surface area contributed by atoms with E-state index in [-0.39, 0.29) is 5.91 Å². The molecule has 1 aliphatic heterocycles. The topological polar surface area (TPSA) is 81.1 Å². The molecule has 0 spiro atoms. The van der Waals surface area contributed by atoms with E-state index in [1.54, 1.807) is 55.1 Å². The van der Waals surface area contributed by atoms with Crippen molar-refractivity contribution < 1.29 is 9.53 Å². The Morgan fingerprint density at radius 1 is 1.21 bits per heavy atom. The van der Waals surface area contributed by atoms with Crippen LogP contribution in [0.25, 0.3) is 0 Å². The smallest absolute Gasteiger partial charge is 0.235 e. The minimum absolute atomic E-state index is 0.202. The highest BCUT2D eigenvalue weighted by atomic mass is 35.5. The summed E-state index contributed by atoms with van der Waals surface area (Å²) in [6.07, 6.45) is 0. The molecule has 4 rings (SSSR count). The van der Waals surface area contributed by atoms with Crippen molar-refractivity contribution in [3.05, 3.63) is 77.2 Å². The molecule has 3 aromatic rings. The Morgan fingerprint density at radius 2 is 1.90 bits per heavy atom. The van der Waals surface area contributed by atoms with E-state index in [1.165, 1.54) is 0 Å². The summed E-state index contributed by atoms with van der Waals surface area (Å²) in [5, 5.41) is 11.2. The van der Waals surface area contributed by atoms with Gasteiger partial charge in [-0.3, -0.25) is 4.79 Å². The molecule has 0 unspecified atom stereocenters. The van der Waals surface area contributed by atoms with E-state index < -0.39 is 12.0 Å². The van der Waals surface area contributed by atoms with Crippen molar-refractivity contribution in [1.82, 2.24) is 14.8 Å². The summed E-state index contributed by atoms with van der Waals surface area (Å²) in [6, 6.07) is 14.1. The van der Waals surface area contributed by atoms with Crippen molar-refractivity contribution in [3.63, 3.8) is 0 Å². The quantitative estimate of drug-likeness (QED) is 0.679. The number of rotatable bonds is 4. The van der Waals surface area contributed by atoms with Gasteiger partial charge in [-0.05, 0) is 48.9 Å². The van der Waals surface area contributed by atoms with E-state index in [0.29, 0.717) is 33.9 Å². The monoisotopic (exact) mass is 409 g/mol. The highest BCUT2D eigenvalue weighted by Gasteiger charge is 2.39. The molecule has 0 bridgehead atoms. The van der Waals surface area contributed by atoms with Crippen LogP contribution in [-0.4, -0.2) is 27.8 Å². The molecular formula is C21H20ClN5O2. The van der Waals surface area contributed by atoms with Gasteiger partial charge in [0.25, 0.3) is 0 Å². The van der Waals surface area contributed by atoms with E-state index in [1.807, 2.05) is 12.1 Å². The fourth-order valence-electron chi connectivity index (χ4n) is 3.45. The van der Waals surface area contributed by atoms with Crippen LogP contribution in [0.5, 0.6) is 5.75 Å². The summed E-state index contributed by atoms with van der Waals surface area (Å²) in [5.74, 6) is 1.07. The number of halogens is 1. The number of amides is 1. The van der Waals surface area contributed by atoms with Crippen molar-refractivity contribution in [1.29, 1.82) is 0 Å². The zero-order valence-corrected chi connectivity index (χ0v) is 16.8. The summed E-state index contributed by atoms with van der Waals surface area (Å²) in [6.45, 7) is 5.89. The average molecular weight is 410 g/mol. The van der Waals surface area contributed by atoms with E-state index >= 15 is 0 Å². The Hall–Kier alpha value is -3.32. The van der Waals surface area contributed by atoms with Crippen molar-refractivity contribution in [3.8, 4) is 5.75 Å². The number of benzene rings is 2. The van der Waals surface area contributed by atoms with Crippen LogP contribution in [-0.2, 0) is 4.79 Å². The molecule has 2 heterocycles.